The lowest BCUT2D eigenvalue weighted by Gasteiger charge is -2.27. The van der Waals surface area contributed by atoms with Crippen LogP contribution in [0.3, 0.4) is 0 Å². The maximum Gasteiger partial charge on any atom is 0.309 e. The molecule has 2 atom stereocenters. The van der Waals surface area contributed by atoms with E-state index < -0.39 is 0 Å². The molecule has 0 saturated carbocycles. The van der Waals surface area contributed by atoms with E-state index in [1.807, 2.05) is 24.3 Å². The van der Waals surface area contributed by atoms with Crippen molar-refractivity contribution >= 4 is 21.9 Å². The molecule has 1 aliphatic heterocycles. The van der Waals surface area contributed by atoms with E-state index in [0.717, 1.165) is 29.5 Å². The van der Waals surface area contributed by atoms with Gasteiger partial charge < -0.3 is 10.1 Å². The topological polar surface area (TPSA) is 38.3 Å². The van der Waals surface area contributed by atoms with Crippen molar-refractivity contribution in [3.63, 3.8) is 0 Å². The number of esters is 1. The molecule has 1 aromatic rings. The predicted octanol–water partition coefficient (Wildman–Crippen LogP) is 2.74. The van der Waals surface area contributed by atoms with Gasteiger partial charge in [-0.05, 0) is 43.1 Å². The number of carbonyl (C=O) groups excluding carboxylic acids is 1. The quantitative estimate of drug-likeness (QED) is 0.872. The van der Waals surface area contributed by atoms with Gasteiger partial charge in [0.05, 0.1) is 5.92 Å². The second-order valence-electron chi connectivity index (χ2n) is 4.81. The van der Waals surface area contributed by atoms with E-state index in [1.165, 1.54) is 0 Å². The first-order chi connectivity index (χ1) is 8.66. The number of nitrogens with one attached hydrogen (secondary N) is 1. The van der Waals surface area contributed by atoms with Crippen LogP contribution in [0.25, 0.3) is 0 Å². The first kappa shape index (κ1) is 13.6. The minimum Gasteiger partial charge on any atom is -0.461 e. The molecule has 18 heavy (non-hydrogen) atoms. The van der Waals surface area contributed by atoms with E-state index in [1.54, 1.807) is 0 Å². The zero-order chi connectivity index (χ0) is 13.0. The Balaban J connectivity index is 1.88. The summed E-state index contributed by atoms with van der Waals surface area (Å²) in [6, 6.07) is 7.84. The lowest BCUT2D eigenvalue weighted by Crippen LogP contribution is -2.39. The first-order valence-electron chi connectivity index (χ1n) is 6.28. The number of piperidine rings is 1. The summed E-state index contributed by atoms with van der Waals surface area (Å²) in [6.07, 6.45) is 0.873. The molecule has 1 fully saturated rings. The Morgan fingerprint density at radius 1 is 1.56 bits per heavy atom. The average molecular weight is 312 g/mol. The molecule has 4 heteroatoms. The Morgan fingerprint density at radius 2 is 2.39 bits per heavy atom. The molecule has 0 aliphatic carbocycles. The SMILES string of the molecule is CC1CNCCC1C(=O)OCc1cccc(Br)c1. The molecule has 0 aromatic heterocycles. The summed E-state index contributed by atoms with van der Waals surface area (Å²) in [5.74, 6) is 0.330. The number of benzene rings is 1. The van der Waals surface area contributed by atoms with E-state index in [9.17, 15) is 4.79 Å². The van der Waals surface area contributed by atoms with Gasteiger partial charge in [-0.3, -0.25) is 4.79 Å². The Labute approximate surface area is 116 Å². The molecule has 1 aliphatic rings. The van der Waals surface area contributed by atoms with E-state index in [-0.39, 0.29) is 11.9 Å². The molecule has 1 heterocycles. The molecule has 2 unspecified atom stereocenters. The predicted molar refractivity (Wildman–Crippen MR) is 74.1 cm³/mol. The van der Waals surface area contributed by atoms with Crippen LogP contribution < -0.4 is 5.32 Å². The molecule has 98 valence electrons. The summed E-state index contributed by atoms with van der Waals surface area (Å²) in [4.78, 5) is 12.0. The van der Waals surface area contributed by atoms with Gasteiger partial charge in [0.1, 0.15) is 6.61 Å². The van der Waals surface area contributed by atoms with Crippen molar-refractivity contribution in [3.05, 3.63) is 34.3 Å². The van der Waals surface area contributed by atoms with Crippen LogP contribution in [0.1, 0.15) is 18.9 Å². The third-order valence-corrected chi connectivity index (χ3v) is 3.85. The van der Waals surface area contributed by atoms with Crippen LogP contribution in [0.15, 0.2) is 28.7 Å². The Bertz CT molecular complexity index is 422. The zero-order valence-corrected chi connectivity index (χ0v) is 12.1. The second kappa shape index (κ2) is 6.34. The fourth-order valence-corrected chi connectivity index (χ4v) is 2.70. The molecule has 1 saturated heterocycles. The Kier molecular flexibility index (Phi) is 4.78. The molecular weight excluding hydrogens is 294 g/mol. The van der Waals surface area contributed by atoms with Crippen LogP contribution in [-0.4, -0.2) is 19.1 Å². The normalized spacial score (nSPS) is 23.7. The Morgan fingerprint density at radius 3 is 3.11 bits per heavy atom. The van der Waals surface area contributed by atoms with E-state index >= 15 is 0 Å². The van der Waals surface area contributed by atoms with Crippen molar-refractivity contribution in [1.82, 2.24) is 5.32 Å². The van der Waals surface area contributed by atoms with Gasteiger partial charge in [0.25, 0.3) is 0 Å². The average Bonchev–Trinajstić information content (AvgIpc) is 2.37. The molecule has 3 nitrogen and oxygen atoms in total. The minimum absolute atomic E-state index is 0.0402. The van der Waals surface area contributed by atoms with Crippen LogP contribution in [0.5, 0.6) is 0 Å². The summed E-state index contributed by atoms with van der Waals surface area (Å²) in [5.41, 5.74) is 1.01. The first-order valence-corrected chi connectivity index (χ1v) is 7.08. The van der Waals surface area contributed by atoms with Crippen LogP contribution in [-0.2, 0) is 16.1 Å². The molecule has 1 N–H and O–H groups in total. The van der Waals surface area contributed by atoms with Crippen molar-refractivity contribution in [1.29, 1.82) is 0 Å². The van der Waals surface area contributed by atoms with Crippen molar-refractivity contribution in [2.24, 2.45) is 11.8 Å². The van der Waals surface area contributed by atoms with Gasteiger partial charge in [-0.25, -0.2) is 0 Å². The van der Waals surface area contributed by atoms with E-state index in [0.29, 0.717) is 12.5 Å². The van der Waals surface area contributed by atoms with Crippen LogP contribution in [0.4, 0.5) is 0 Å². The highest BCUT2D eigenvalue weighted by Crippen LogP contribution is 2.21. The highest BCUT2D eigenvalue weighted by molar-refractivity contribution is 9.10. The van der Waals surface area contributed by atoms with Crippen molar-refractivity contribution < 1.29 is 9.53 Å². The maximum absolute atomic E-state index is 12.0. The van der Waals surface area contributed by atoms with Crippen LogP contribution in [0.2, 0.25) is 0 Å². The third kappa shape index (κ3) is 3.56. The molecule has 0 bridgehead atoms. The van der Waals surface area contributed by atoms with Gasteiger partial charge in [-0.2, -0.15) is 0 Å². The highest BCUT2D eigenvalue weighted by atomic mass is 79.9. The van der Waals surface area contributed by atoms with Crippen LogP contribution in [0, 0.1) is 11.8 Å². The number of carbonyl (C=O) groups is 1. The fourth-order valence-electron chi connectivity index (χ4n) is 2.25. The van der Waals surface area contributed by atoms with Crippen molar-refractivity contribution in [3.8, 4) is 0 Å². The summed E-state index contributed by atoms with van der Waals surface area (Å²) in [7, 11) is 0. The molecule has 1 aromatic carbocycles. The van der Waals surface area contributed by atoms with Gasteiger partial charge in [-0.1, -0.05) is 35.0 Å². The summed E-state index contributed by atoms with van der Waals surface area (Å²) in [5, 5.41) is 3.29. The number of hydrogen-bond donors (Lipinski definition) is 1. The number of halogens is 1. The van der Waals surface area contributed by atoms with Crippen LogP contribution >= 0.6 is 15.9 Å². The lowest BCUT2D eigenvalue weighted by molar-refractivity contribution is -0.152. The standard InChI is InChI=1S/C14H18BrNO2/c1-10-8-16-6-5-13(10)14(17)18-9-11-3-2-4-12(15)7-11/h2-4,7,10,13,16H,5-6,8-9H2,1H3. The largest absolute Gasteiger partial charge is 0.461 e. The van der Waals surface area contributed by atoms with Gasteiger partial charge in [0.15, 0.2) is 0 Å². The highest BCUT2D eigenvalue weighted by Gasteiger charge is 2.28. The second-order valence-corrected chi connectivity index (χ2v) is 5.73. The van der Waals surface area contributed by atoms with E-state index in [4.69, 9.17) is 4.74 Å². The summed E-state index contributed by atoms with van der Waals surface area (Å²) < 4.78 is 6.41. The molecule has 2 rings (SSSR count). The number of ether oxygens (including phenoxy) is 1. The summed E-state index contributed by atoms with van der Waals surface area (Å²) in [6.45, 7) is 4.25. The molecule has 0 spiro atoms. The maximum atomic E-state index is 12.0. The molecular formula is C14H18BrNO2. The smallest absolute Gasteiger partial charge is 0.309 e. The third-order valence-electron chi connectivity index (χ3n) is 3.36. The molecule has 0 amide bonds. The van der Waals surface area contributed by atoms with Gasteiger partial charge in [0, 0.05) is 4.47 Å². The van der Waals surface area contributed by atoms with E-state index in [2.05, 4.69) is 28.2 Å². The number of rotatable bonds is 3. The van der Waals surface area contributed by atoms with Crippen molar-refractivity contribution in [2.45, 2.75) is 20.0 Å². The number of hydrogen-bond acceptors (Lipinski definition) is 3. The molecule has 0 radical (unpaired) electrons. The zero-order valence-electron chi connectivity index (χ0n) is 10.5. The lowest BCUT2D eigenvalue weighted by atomic mass is 9.88. The van der Waals surface area contributed by atoms with Gasteiger partial charge in [-0.15, -0.1) is 0 Å². The Hall–Kier alpha value is -0.870. The monoisotopic (exact) mass is 311 g/mol. The van der Waals surface area contributed by atoms with Gasteiger partial charge in [0.2, 0.25) is 0 Å². The van der Waals surface area contributed by atoms with Crippen molar-refractivity contribution in [2.75, 3.05) is 13.1 Å². The minimum atomic E-state index is -0.0658. The van der Waals surface area contributed by atoms with Gasteiger partial charge >= 0.3 is 5.97 Å². The summed E-state index contributed by atoms with van der Waals surface area (Å²) >= 11 is 3.41. The fraction of sp³-hybridized carbons (Fsp3) is 0.500.